The Morgan fingerprint density at radius 3 is 2.31 bits per heavy atom. The van der Waals surface area contributed by atoms with Gasteiger partial charge in [0.1, 0.15) is 0 Å². The van der Waals surface area contributed by atoms with E-state index in [1.165, 1.54) is 0 Å². The van der Waals surface area contributed by atoms with Crippen molar-refractivity contribution in [1.29, 1.82) is 0 Å². The van der Waals surface area contributed by atoms with Gasteiger partial charge in [0.05, 0.1) is 6.26 Å². The summed E-state index contributed by atoms with van der Waals surface area (Å²) in [7, 11) is 0. The molecule has 1 rings (SSSR count). The van der Waals surface area contributed by atoms with E-state index >= 15 is 0 Å². The fourth-order valence-electron chi connectivity index (χ4n) is 1.09. The minimum atomic E-state index is -0.358. The summed E-state index contributed by atoms with van der Waals surface area (Å²) in [6.07, 6.45) is 1.34. The van der Waals surface area contributed by atoms with Crippen LogP contribution in [0.5, 0.6) is 0 Å². The number of ether oxygens (including phenoxy) is 2. The lowest BCUT2D eigenvalue weighted by molar-refractivity contribution is -0.150. The maximum Gasteiger partial charge on any atom is 0.217 e. The van der Waals surface area contributed by atoms with Crippen molar-refractivity contribution in [3.63, 3.8) is 0 Å². The van der Waals surface area contributed by atoms with Crippen LogP contribution < -0.4 is 0 Å². The van der Waals surface area contributed by atoms with E-state index in [1.54, 1.807) is 6.26 Å². The van der Waals surface area contributed by atoms with Gasteiger partial charge in [-0.3, -0.25) is 0 Å². The van der Waals surface area contributed by atoms with E-state index in [9.17, 15) is 0 Å². The summed E-state index contributed by atoms with van der Waals surface area (Å²) in [4.78, 5) is 0. The highest BCUT2D eigenvalue weighted by atomic mass is 16.7. The first kappa shape index (κ1) is 10.3. The molecule has 0 amide bonds. The van der Waals surface area contributed by atoms with Crippen molar-refractivity contribution in [2.45, 2.75) is 27.1 Å². The predicted octanol–water partition coefficient (Wildman–Crippen LogP) is 2.66. The van der Waals surface area contributed by atoms with Crippen LogP contribution >= 0.6 is 0 Å². The summed E-state index contributed by atoms with van der Waals surface area (Å²) in [5.74, 6) is 0.737. The van der Waals surface area contributed by atoms with E-state index in [0.717, 1.165) is 11.3 Å². The molecule has 0 N–H and O–H groups in total. The molecule has 0 bridgehead atoms. The zero-order chi connectivity index (χ0) is 9.68. The minimum Gasteiger partial charge on any atom is -0.464 e. The van der Waals surface area contributed by atoms with Gasteiger partial charge in [-0.25, -0.2) is 0 Å². The molecule has 0 spiro atoms. The molecular weight excluding hydrogens is 168 g/mol. The average Bonchev–Trinajstić information content (AvgIpc) is 2.51. The van der Waals surface area contributed by atoms with Gasteiger partial charge in [-0.15, -0.1) is 0 Å². The molecular formula is C10H16O3. The van der Waals surface area contributed by atoms with Gasteiger partial charge >= 0.3 is 0 Å². The molecule has 3 nitrogen and oxygen atoms in total. The van der Waals surface area contributed by atoms with Crippen LogP contribution in [-0.4, -0.2) is 13.2 Å². The van der Waals surface area contributed by atoms with Gasteiger partial charge in [0.2, 0.25) is 6.29 Å². The number of aryl methyl sites for hydroxylation is 1. The summed E-state index contributed by atoms with van der Waals surface area (Å²) >= 11 is 0. The van der Waals surface area contributed by atoms with E-state index in [2.05, 4.69) is 0 Å². The molecule has 0 aliphatic carbocycles. The Hall–Kier alpha value is -0.800. The van der Waals surface area contributed by atoms with Crippen LogP contribution in [-0.2, 0) is 9.47 Å². The molecule has 13 heavy (non-hydrogen) atoms. The van der Waals surface area contributed by atoms with Crippen molar-refractivity contribution < 1.29 is 13.9 Å². The molecule has 0 aromatic carbocycles. The summed E-state index contributed by atoms with van der Waals surface area (Å²) in [6, 6.07) is 1.93. The molecule has 1 aromatic rings. The van der Waals surface area contributed by atoms with Crippen LogP contribution in [0.15, 0.2) is 16.7 Å². The van der Waals surface area contributed by atoms with Crippen LogP contribution in [0.1, 0.15) is 31.5 Å². The molecule has 0 atom stereocenters. The maximum absolute atomic E-state index is 5.37. The Bertz CT molecular complexity index is 236. The van der Waals surface area contributed by atoms with Gasteiger partial charge in [-0.2, -0.15) is 0 Å². The van der Waals surface area contributed by atoms with Crippen molar-refractivity contribution in [2.24, 2.45) is 0 Å². The molecule has 3 heteroatoms. The lowest BCUT2D eigenvalue weighted by atomic mass is 10.3. The first-order chi connectivity index (χ1) is 6.27. The summed E-state index contributed by atoms with van der Waals surface area (Å²) in [6.45, 7) is 7.07. The third-order valence-corrected chi connectivity index (χ3v) is 1.62. The van der Waals surface area contributed by atoms with Gasteiger partial charge in [-0.05, 0) is 32.4 Å². The Balaban J connectivity index is 2.63. The summed E-state index contributed by atoms with van der Waals surface area (Å²) in [5, 5.41) is 0. The Morgan fingerprint density at radius 2 is 1.92 bits per heavy atom. The third-order valence-electron chi connectivity index (χ3n) is 1.62. The van der Waals surface area contributed by atoms with Crippen molar-refractivity contribution in [2.75, 3.05) is 13.2 Å². The zero-order valence-electron chi connectivity index (χ0n) is 8.37. The van der Waals surface area contributed by atoms with Gasteiger partial charge in [0, 0.05) is 13.2 Å². The minimum absolute atomic E-state index is 0.358. The lowest BCUT2D eigenvalue weighted by Gasteiger charge is -2.13. The molecule has 0 saturated heterocycles. The normalized spacial score (nSPS) is 11.1. The largest absolute Gasteiger partial charge is 0.464 e. The molecule has 0 unspecified atom stereocenters. The monoisotopic (exact) mass is 184 g/mol. The molecule has 0 saturated carbocycles. The van der Waals surface area contributed by atoms with E-state index in [0.29, 0.717) is 13.2 Å². The third kappa shape index (κ3) is 2.86. The molecule has 1 aromatic heterocycles. The molecule has 1 heterocycles. The van der Waals surface area contributed by atoms with Crippen LogP contribution in [0.4, 0.5) is 0 Å². The van der Waals surface area contributed by atoms with Crippen molar-refractivity contribution in [1.82, 2.24) is 0 Å². The summed E-state index contributed by atoms with van der Waals surface area (Å²) < 4.78 is 16.0. The van der Waals surface area contributed by atoms with Crippen LogP contribution in [0.3, 0.4) is 0 Å². The molecule has 0 fully saturated rings. The highest BCUT2D eigenvalue weighted by Crippen LogP contribution is 2.20. The van der Waals surface area contributed by atoms with E-state index in [1.807, 2.05) is 26.8 Å². The van der Waals surface area contributed by atoms with Gasteiger partial charge in [0.15, 0.2) is 5.76 Å². The molecule has 0 radical (unpaired) electrons. The fourth-order valence-corrected chi connectivity index (χ4v) is 1.09. The highest BCUT2D eigenvalue weighted by molar-refractivity contribution is 5.11. The number of rotatable bonds is 5. The standard InChI is InChI=1S/C10H16O3/c1-4-11-10(12-5-2)9-6-8(3)7-13-9/h6-7,10H,4-5H2,1-3H3. The van der Waals surface area contributed by atoms with Crippen LogP contribution in [0.25, 0.3) is 0 Å². The number of hydrogen-bond acceptors (Lipinski definition) is 3. The molecule has 0 aliphatic rings. The van der Waals surface area contributed by atoms with E-state index < -0.39 is 0 Å². The first-order valence-electron chi connectivity index (χ1n) is 4.56. The highest BCUT2D eigenvalue weighted by Gasteiger charge is 2.14. The Kier molecular flexibility index (Phi) is 3.99. The molecule has 0 aliphatic heterocycles. The van der Waals surface area contributed by atoms with E-state index in [4.69, 9.17) is 13.9 Å². The SMILES string of the molecule is CCOC(OCC)c1cc(C)co1. The predicted molar refractivity (Wildman–Crippen MR) is 49.4 cm³/mol. The number of hydrogen-bond donors (Lipinski definition) is 0. The van der Waals surface area contributed by atoms with Crippen molar-refractivity contribution in [3.05, 3.63) is 23.7 Å². The van der Waals surface area contributed by atoms with E-state index in [-0.39, 0.29) is 6.29 Å². The van der Waals surface area contributed by atoms with Crippen LogP contribution in [0.2, 0.25) is 0 Å². The number of furan rings is 1. The second kappa shape index (κ2) is 5.04. The lowest BCUT2D eigenvalue weighted by Crippen LogP contribution is -2.07. The smallest absolute Gasteiger partial charge is 0.217 e. The zero-order valence-corrected chi connectivity index (χ0v) is 8.37. The maximum atomic E-state index is 5.37. The second-order valence-electron chi connectivity index (χ2n) is 2.77. The summed E-state index contributed by atoms with van der Waals surface area (Å²) in [5.41, 5.74) is 1.08. The van der Waals surface area contributed by atoms with Crippen LogP contribution in [0, 0.1) is 6.92 Å². The van der Waals surface area contributed by atoms with Gasteiger partial charge < -0.3 is 13.9 Å². The fraction of sp³-hybridized carbons (Fsp3) is 0.600. The van der Waals surface area contributed by atoms with Gasteiger partial charge in [0.25, 0.3) is 0 Å². The Morgan fingerprint density at radius 1 is 1.31 bits per heavy atom. The van der Waals surface area contributed by atoms with Crippen molar-refractivity contribution in [3.8, 4) is 0 Å². The Labute approximate surface area is 78.6 Å². The van der Waals surface area contributed by atoms with Gasteiger partial charge in [-0.1, -0.05) is 0 Å². The quantitative estimate of drug-likeness (QED) is 0.659. The topological polar surface area (TPSA) is 31.6 Å². The second-order valence-corrected chi connectivity index (χ2v) is 2.77. The molecule has 74 valence electrons. The average molecular weight is 184 g/mol. The first-order valence-corrected chi connectivity index (χ1v) is 4.56. The van der Waals surface area contributed by atoms with Crippen molar-refractivity contribution >= 4 is 0 Å².